The van der Waals surface area contributed by atoms with Crippen molar-refractivity contribution in [1.29, 1.82) is 0 Å². The van der Waals surface area contributed by atoms with Gasteiger partial charge in [0, 0.05) is 32.0 Å². The first-order valence-corrected chi connectivity index (χ1v) is 12.7. The standard InChI is InChI=1S/C24H29NO7S/c26-24(32-17-4-14-29-20-6-2-1-3-7-20)19-10-12-25(13-11-19)33(27,28)21-8-9-22-23(18-21)31-16-5-15-30-22/h1-3,6-9,18-19H,4-5,10-17H2. The zero-order chi connectivity index (χ0) is 23.1. The van der Waals surface area contributed by atoms with E-state index in [2.05, 4.69) is 0 Å². The van der Waals surface area contributed by atoms with Gasteiger partial charge < -0.3 is 18.9 Å². The third-order valence-electron chi connectivity index (χ3n) is 5.69. The molecule has 1 saturated heterocycles. The molecule has 178 valence electrons. The van der Waals surface area contributed by atoms with Crippen molar-refractivity contribution in [3.63, 3.8) is 0 Å². The second kappa shape index (κ2) is 10.9. The molecule has 0 aliphatic carbocycles. The summed E-state index contributed by atoms with van der Waals surface area (Å²) in [7, 11) is -3.68. The number of nitrogens with zero attached hydrogens (tertiary/aromatic N) is 1. The number of sulfonamides is 1. The lowest BCUT2D eigenvalue weighted by atomic mass is 9.98. The monoisotopic (exact) mass is 475 g/mol. The molecule has 0 unspecified atom stereocenters. The normalized spacial score (nSPS) is 17.2. The molecule has 1 fully saturated rings. The van der Waals surface area contributed by atoms with Crippen LogP contribution in [0.5, 0.6) is 17.2 Å². The Labute approximate surface area is 194 Å². The van der Waals surface area contributed by atoms with E-state index in [1.807, 2.05) is 30.3 Å². The van der Waals surface area contributed by atoms with Gasteiger partial charge in [-0.1, -0.05) is 18.2 Å². The predicted octanol–water partition coefficient (Wildman–Crippen LogP) is 3.26. The molecular weight excluding hydrogens is 446 g/mol. The number of carbonyl (C=O) groups is 1. The highest BCUT2D eigenvalue weighted by atomic mass is 32.2. The van der Waals surface area contributed by atoms with E-state index >= 15 is 0 Å². The zero-order valence-electron chi connectivity index (χ0n) is 18.5. The van der Waals surface area contributed by atoms with Gasteiger partial charge in [-0.15, -0.1) is 0 Å². The molecule has 0 atom stereocenters. The summed E-state index contributed by atoms with van der Waals surface area (Å²) in [5.74, 6) is 1.22. The second-order valence-corrected chi connectivity index (χ2v) is 9.96. The lowest BCUT2D eigenvalue weighted by Crippen LogP contribution is -2.40. The second-order valence-electron chi connectivity index (χ2n) is 8.02. The SMILES string of the molecule is O=C(OCCCOc1ccccc1)C1CCN(S(=O)(=O)c2ccc3c(c2)OCCCO3)CC1. The predicted molar refractivity (Wildman–Crippen MR) is 121 cm³/mol. The van der Waals surface area contributed by atoms with Gasteiger partial charge in [0.1, 0.15) is 5.75 Å². The largest absolute Gasteiger partial charge is 0.493 e. The van der Waals surface area contributed by atoms with E-state index in [0.29, 0.717) is 50.6 Å². The van der Waals surface area contributed by atoms with Crippen molar-refractivity contribution in [2.24, 2.45) is 5.92 Å². The molecular formula is C24H29NO7S. The van der Waals surface area contributed by atoms with E-state index in [0.717, 1.165) is 12.2 Å². The molecule has 4 rings (SSSR count). The van der Waals surface area contributed by atoms with Crippen LogP contribution in [0.25, 0.3) is 0 Å². The fraction of sp³-hybridized carbons (Fsp3) is 0.458. The van der Waals surface area contributed by atoms with Crippen LogP contribution in [-0.4, -0.2) is 58.2 Å². The van der Waals surface area contributed by atoms with Gasteiger partial charge in [0.15, 0.2) is 11.5 Å². The smallest absolute Gasteiger partial charge is 0.309 e. The zero-order valence-corrected chi connectivity index (χ0v) is 19.3. The summed E-state index contributed by atoms with van der Waals surface area (Å²) in [5, 5.41) is 0. The summed E-state index contributed by atoms with van der Waals surface area (Å²) < 4.78 is 49.8. The Morgan fingerprint density at radius 1 is 0.970 bits per heavy atom. The van der Waals surface area contributed by atoms with E-state index in [4.69, 9.17) is 18.9 Å². The Balaban J connectivity index is 1.23. The summed E-state index contributed by atoms with van der Waals surface area (Å²) in [6.07, 6.45) is 2.21. The maximum atomic E-state index is 13.1. The number of ether oxygens (including phenoxy) is 4. The molecule has 0 bridgehead atoms. The molecule has 0 aromatic heterocycles. The van der Waals surface area contributed by atoms with Crippen LogP contribution in [0.15, 0.2) is 53.4 Å². The minimum Gasteiger partial charge on any atom is -0.493 e. The van der Waals surface area contributed by atoms with Crippen molar-refractivity contribution in [3.05, 3.63) is 48.5 Å². The Bertz CT molecular complexity index is 1030. The highest BCUT2D eigenvalue weighted by molar-refractivity contribution is 7.89. The van der Waals surface area contributed by atoms with E-state index in [1.165, 1.54) is 10.4 Å². The number of rotatable bonds is 8. The van der Waals surface area contributed by atoms with Crippen LogP contribution < -0.4 is 14.2 Å². The minimum atomic E-state index is -3.68. The first kappa shape index (κ1) is 23.4. The molecule has 8 nitrogen and oxygen atoms in total. The quantitative estimate of drug-likeness (QED) is 0.427. The lowest BCUT2D eigenvalue weighted by molar-refractivity contribution is -0.150. The Hall–Kier alpha value is -2.78. The van der Waals surface area contributed by atoms with E-state index in [-0.39, 0.29) is 36.5 Å². The van der Waals surface area contributed by atoms with Gasteiger partial charge >= 0.3 is 5.97 Å². The molecule has 9 heteroatoms. The Morgan fingerprint density at radius 3 is 2.45 bits per heavy atom. The van der Waals surface area contributed by atoms with Crippen molar-refractivity contribution in [3.8, 4) is 17.2 Å². The summed E-state index contributed by atoms with van der Waals surface area (Å²) in [4.78, 5) is 12.6. The molecule has 0 spiro atoms. The van der Waals surface area contributed by atoms with Crippen LogP contribution in [0.2, 0.25) is 0 Å². The number of esters is 1. The van der Waals surface area contributed by atoms with E-state index in [9.17, 15) is 13.2 Å². The first-order valence-electron chi connectivity index (χ1n) is 11.3. The van der Waals surface area contributed by atoms with E-state index in [1.54, 1.807) is 12.1 Å². The molecule has 0 amide bonds. The topological polar surface area (TPSA) is 91.4 Å². The fourth-order valence-corrected chi connectivity index (χ4v) is 5.33. The van der Waals surface area contributed by atoms with Crippen molar-refractivity contribution < 1.29 is 32.2 Å². The Kier molecular flexibility index (Phi) is 7.72. The maximum absolute atomic E-state index is 13.1. The van der Waals surface area contributed by atoms with Gasteiger partial charge in [0.05, 0.1) is 37.2 Å². The van der Waals surface area contributed by atoms with Crippen LogP contribution in [-0.2, 0) is 19.6 Å². The van der Waals surface area contributed by atoms with Gasteiger partial charge in [-0.2, -0.15) is 4.31 Å². The summed E-state index contributed by atoms with van der Waals surface area (Å²) in [6, 6.07) is 14.2. The summed E-state index contributed by atoms with van der Waals surface area (Å²) >= 11 is 0. The van der Waals surface area contributed by atoms with Crippen molar-refractivity contribution in [2.45, 2.75) is 30.6 Å². The van der Waals surface area contributed by atoms with Crippen LogP contribution in [0.3, 0.4) is 0 Å². The van der Waals surface area contributed by atoms with Crippen LogP contribution in [0.4, 0.5) is 0 Å². The molecule has 0 N–H and O–H groups in total. The van der Waals surface area contributed by atoms with Crippen molar-refractivity contribution >= 4 is 16.0 Å². The molecule has 2 aromatic rings. The number of piperidine rings is 1. The molecule has 33 heavy (non-hydrogen) atoms. The number of carbonyl (C=O) groups excluding carboxylic acids is 1. The average molecular weight is 476 g/mol. The molecule has 2 aromatic carbocycles. The number of hydrogen-bond donors (Lipinski definition) is 0. The number of fused-ring (bicyclic) bond motifs is 1. The third kappa shape index (κ3) is 5.97. The van der Waals surface area contributed by atoms with Gasteiger partial charge in [-0.3, -0.25) is 4.79 Å². The molecule has 0 saturated carbocycles. The van der Waals surface area contributed by atoms with Gasteiger partial charge in [0.2, 0.25) is 10.0 Å². The number of benzene rings is 2. The van der Waals surface area contributed by atoms with Crippen LogP contribution >= 0.6 is 0 Å². The Morgan fingerprint density at radius 2 is 1.70 bits per heavy atom. The lowest BCUT2D eigenvalue weighted by Gasteiger charge is -2.30. The average Bonchev–Trinajstić information content (AvgIpc) is 3.09. The molecule has 2 heterocycles. The van der Waals surface area contributed by atoms with E-state index < -0.39 is 10.0 Å². The van der Waals surface area contributed by atoms with Crippen LogP contribution in [0, 0.1) is 5.92 Å². The fourth-order valence-electron chi connectivity index (χ4n) is 3.84. The highest BCUT2D eigenvalue weighted by Crippen LogP contribution is 2.33. The number of para-hydroxylation sites is 1. The molecule has 2 aliphatic rings. The summed E-state index contributed by atoms with van der Waals surface area (Å²) in [5.41, 5.74) is 0. The van der Waals surface area contributed by atoms with Gasteiger partial charge in [-0.05, 0) is 37.1 Å². The van der Waals surface area contributed by atoms with Gasteiger partial charge in [0.25, 0.3) is 0 Å². The molecule has 0 radical (unpaired) electrons. The maximum Gasteiger partial charge on any atom is 0.309 e. The van der Waals surface area contributed by atoms with Crippen molar-refractivity contribution in [1.82, 2.24) is 4.31 Å². The minimum absolute atomic E-state index is 0.172. The third-order valence-corrected chi connectivity index (χ3v) is 7.58. The van der Waals surface area contributed by atoms with Crippen LogP contribution in [0.1, 0.15) is 25.7 Å². The highest BCUT2D eigenvalue weighted by Gasteiger charge is 2.33. The summed E-state index contributed by atoms with van der Waals surface area (Å²) in [6.45, 7) is 2.32. The molecule has 2 aliphatic heterocycles. The number of hydrogen-bond acceptors (Lipinski definition) is 7. The van der Waals surface area contributed by atoms with Crippen molar-refractivity contribution in [2.75, 3.05) is 39.5 Å². The first-order chi connectivity index (χ1) is 16.0. The van der Waals surface area contributed by atoms with Gasteiger partial charge in [-0.25, -0.2) is 8.42 Å².